The number of imidazole rings is 1. The first-order valence-electron chi connectivity index (χ1n) is 15.1. The van der Waals surface area contributed by atoms with Crippen molar-refractivity contribution in [2.75, 3.05) is 11.9 Å². The van der Waals surface area contributed by atoms with Gasteiger partial charge in [-0.1, -0.05) is 44.7 Å². The third-order valence-corrected chi connectivity index (χ3v) is 9.45. The molecule has 1 fully saturated rings. The number of fused-ring (bicyclic) bond motifs is 1. The number of aromatic nitrogens is 2. The Morgan fingerprint density at radius 2 is 1.93 bits per heavy atom. The molecule has 3 amide bonds. The van der Waals surface area contributed by atoms with Gasteiger partial charge in [0.1, 0.15) is 34.9 Å². The Morgan fingerprint density at radius 1 is 1.15 bits per heavy atom. The van der Waals surface area contributed by atoms with Gasteiger partial charge in [0.15, 0.2) is 11.9 Å². The maximum atomic E-state index is 14.4. The maximum Gasteiger partial charge on any atom is 0.521 e. The van der Waals surface area contributed by atoms with Crippen LogP contribution >= 0.6 is 0 Å². The van der Waals surface area contributed by atoms with Crippen LogP contribution in [0.2, 0.25) is 0 Å². The summed E-state index contributed by atoms with van der Waals surface area (Å²) in [4.78, 5) is 44.0. The second-order valence-corrected chi connectivity index (χ2v) is 13.0. The summed E-state index contributed by atoms with van der Waals surface area (Å²) < 4.78 is 45.4. The lowest BCUT2D eigenvalue weighted by Crippen LogP contribution is -2.61. The molecule has 0 radical (unpaired) electrons. The third-order valence-electron chi connectivity index (χ3n) is 8.54. The van der Waals surface area contributed by atoms with Crippen molar-refractivity contribution < 1.29 is 46.1 Å². The largest absolute Gasteiger partial charge is 0.521 e. The highest BCUT2D eigenvalue weighted by atomic mass is 32.2. The van der Waals surface area contributed by atoms with E-state index in [0.717, 1.165) is 30.7 Å². The number of ether oxygens (including phenoxy) is 1. The normalized spacial score (nSPS) is 20.4. The van der Waals surface area contributed by atoms with Gasteiger partial charge in [-0.25, -0.2) is 9.78 Å². The molecule has 1 saturated heterocycles. The maximum absolute atomic E-state index is 14.4. The molecule has 1 aliphatic rings. The number of carboxylic acid groups (broad SMARTS) is 1. The van der Waals surface area contributed by atoms with E-state index in [1.807, 2.05) is 6.07 Å². The fourth-order valence-electron chi connectivity index (χ4n) is 6.17. The molecular formula is C32H37N4O9S+. The molecule has 3 N–H and O–H groups in total. The molecule has 4 atom stereocenters. The number of anilines is 1. The molecule has 0 saturated carbocycles. The fraction of sp³-hybridized carbons (Fsp3) is 0.375. The van der Waals surface area contributed by atoms with Crippen LogP contribution in [0, 0.1) is 0 Å². The van der Waals surface area contributed by atoms with Crippen LogP contribution in [-0.4, -0.2) is 68.7 Å². The first-order valence-corrected chi connectivity index (χ1v) is 16.6. The van der Waals surface area contributed by atoms with Crippen LogP contribution in [0.3, 0.4) is 0 Å². The summed E-state index contributed by atoms with van der Waals surface area (Å²) in [6.45, 7) is 3.72. The lowest BCUT2D eigenvalue weighted by molar-refractivity contribution is -0.795. The molecule has 244 valence electrons. The molecule has 3 heterocycles. The number of quaternary nitrogens is 1. The minimum atomic E-state index is -4.67. The van der Waals surface area contributed by atoms with E-state index in [1.165, 1.54) is 35.3 Å². The highest BCUT2D eigenvalue weighted by Gasteiger charge is 2.59. The minimum Gasteiger partial charge on any atom is -0.484 e. The monoisotopic (exact) mass is 653 g/mol. The van der Waals surface area contributed by atoms with E-state index in [9.17, 15) is 32.5 Å². The van der Waals surface area contributed by atoms with E-state index in [4.69, 9.17) is 9.15 Å². The molecule has 2 aromatic heterocycles. The summed E-state index contributed by atoms with van der Waals surface area (Å²) in [7, 11) is -4.67. The van der Waals surface area contributed by atoms with Crippen molar-refractivity contribution in [1.29, 1.82) is 0 Å². The number of likely N-dealkylation sites (tertiary alicyclic amines) is 1. The predicted molar refractivity (Wildman–Crippen MR) is 167 cm³/mol. The number of carbonyl (C=O) groups is 3. The molecule has 5 rings (SSSR count). The van der Waals surface area contributed by atoms with Crippen LogP contribution in [0.1, 0.15) is 68.8 Å². The summed E-state index contributed by atoms with van der Waals surface area (Å²) in [5.74, 6) is -0.792. The first kappa shape index (κ1) is 32.9. The molecule has 1 aliphatic heterocycles. The molecule has 13 nitrogen and oxygen atoms in total. The molecular weight excluding hydrogens is 616 g/mol. The number of hydrogen-bond acceptors (Lipinski definition) is 8. The van der Waals surface area contributed by atoms with E-state index in [-0.39, 0.29) is 17.9 Å². The van der Waals surface area contributed by atoms with Crippen molar-refractivity contribution in [3.63, 3.8) is 0 Å². The van der Waals surface area contributed by atoms with Crippen LogP contribution < -0.4 is 10.1 Å². The van der Waals surface area contributed by atoms with Crippen LogP contribution in [-0.2, 0) is 14.9 Å². The van der Waals surface area contributed by atoms with E-state index in [1.54, 1.807) is 31.4 Å². The van der Waals surface area contributed by atoms with Crippen molar-refractivity contribution in [3.8, 4) is 5.75 Å². The highest BCUT2D eigenvalue weighted by molar-refractivity contribution is 7.86. The molecule has 0 aliphatic carbocycles. The lowest BCUT2D eigenvalue weighted by atomic mass is 10.0. The number of imide groups is 1. The van der Waals surface area contributed by atoms with Gasteiger partial charge in [-0.2, -0.15) is 17.7 Å². The Hall–Kier alpha value is -4.53. The SMILES string of the molecule is CCCCCCC(C(=O)[N@@+]1(C(=O)O)C[C@H](Oc2ccc3occc3c2)C[C@H]1C)n1cnc(NC(=O)c2ccccc2S(=O)(=O)O)c1. The molecule has 0 bridgehead atoms. The van der Waals surface area contributed by atoms with Crippen molar-refractivity contribution in [1.82, 2.24) is 9.55 Å². The van der Waals surface area contributed by atoms with Crippen LogP contribution in [0.25, 0.3) is 11.0 Å². The zero-order valence-corrected chi connectivity index (χ0v) is 26.4. The summed E-state index contributed by atoms with van der Waals surface area (Å²) in [6.07, 6.45) is 6.63. The summed E-state index contributed by atoms with van der Waals surface area (Å²) in [5, 5.41) is 13.9. The smallest absolute Gasteiger partial charge is 0.484 e. The van der Waals surface area contributed by atoms with Crippen molar-refractivity contribution in [3.05, 3.63) is 72.9 Å². The Balaban J connectivity index is 1.40. The number of unbranched alkanes of at least 4 members (excludes halogenated alkanes) is 3. The van der Waals surface area contributed by atoms with E-state index < -0.39 is 55.6 Å². The summed E-state index contributed by atoms with van der Waals surface area (Å²) in [5.41, 5.74) is 0.411. The number of hydrogen-bond donors (Lipinski definition) is 3. The number of nitrogens with one attached hydrogen (secondary N) is 1. The predicted octanol–water partition coefficient (Wildman–Crippen LogP) is 5.90. The van der Waals surface area contributed by atoms with Crippen molar-refractivity contribution in [2.24, 2.45) is 0 Å². The topological polar surface area (TPSA) is 178 Å². The lowest BCUT2D eigenvalue weighted by Gasteiger charge is -2.33. The quantitative estimate of drug-likeness (QED) is 0.0947. The zero-order valence-electron chi connectivity index (χ0n) is 25.5. The Kier molecular flexibility index (Phi) is 9.60. The highest BCUT2D eigenvalue weighted by Crippen LogP contribution is 2.36. The number of nitrogens with zero attached hydrogens (tertiary/aromatic N) is 3. The number of rotatable bonds is 12. The van der Waals surface area contributed by atoms with E-state index >= 15 is 0 Å². The molecule has 14 heteroatoms. The Bertz CT molecular complexity index is 1850. The van der Waals surface area contributed by atoms with Crippen LogP contribution in [0.5, 0.6) is 5.75 Å². The molecule has 46 heavy (non-hydrogen) atoms. The van der Waals surface area contributed by atoms with Gasteiger partial charge in [-0.3, -0.25) is 9.35 Å². The fourth-order valence-corrected chi connectivity index (χ4v) is 6.85. The molecule has 0 spiro atoms. The number of carbonyl (C=O) groups excluding carboxylic acids is 2. The zero-order chi connectivity index (χ0) is 33.1. The van der Waals surface area contributed by atoms with Gasteiger partial charge in [-0.05, 0) is 49.7 Å². The minimum absolute atomic E-state index is 0.0219. The number of amides is 3. The van der Waals surface area contributed by atoms with Crippen LogP contribution in [0.15, 0.2) is 76.6 Å². The summed E-state index contributed by atoms with van der Waals surface area (Å²) >= 11 is 0. The Morgan fingerprint density at radius 3 is 2.67 bits per heavy atom. The van der Waals surface area contributed by atoms with Gasteiger partial charge < -0.3 is 24.1 Å². The first-order chi connectivity index (χ1) is 21.9. The Labute approximate surface area is 266 Å². The number of furan rings is 1. The standard InChI is InChI=1S/C32H36N4O9S/c1-3-4-5-6-10-26(35-18-29(33-20-35)34-30(37)25-9-7-8-11-28(25)46(41,42)43)31(38)36(32(39)40)19-24(16-21(36)2)45-23-12-13-27-22(17-23)14-15-44-27/h7-9,11-15,17-18,20-21,24,26H,3-6,10,16,19H2,1-2H3,(H2-,34,37,39,40,41,42,43)/p+1/t21-,24-,26?,36-/m1/s1. The van der Waals surface area contributed by atoms with Crippen molar-refractivity contribution in [2.45, 2.75) is 75.5 Å². The molecule has 2 aromatic carbocycles. The number of benzene rings is 2. The van der Waals surface area contributed by atoms with Gasteiger partial charge in [0, 0.05) is 18.0 Å². The molecule has 1 unspecified atom stereocenters. The van der Waals surface area contributed by atoms with Gasteiger partial charge >= 0.3 is 12.0 Å². The van der Waals surface area contributed by atoms with E-state index in [0.29, 0.717) is 30.6 Å². The van der Waals surface area contributed by atoms with Crippen LogP contribution in [0.4, 0.5) is 10.6 Å². The van der Waals surface area contributed by atoms with Gasteiger partial charge in [0.2, 0.25) is 0 Å². The summed E-state index contributed by atoms with van der Waals surface area (Å²) in [6, 6.07) is 10.8. The van der Waals surface area contributed by atoms with Gasteiger partial charge in [-0.15, -0.1) is 0 Å². The second kappa shape index (κ2) is 13.4. The average molecular weight is 654 g/mol. The van der Waals surface area contributed by atoms with Gasteiger partial charge in [0.25, 0.3) is 16.0 Å². The van der Waals surface area contributed by atoms with E-state index in [2.05, 4.69) is 17.2 Å². The molecule has 4 aromatic rings. The van der Waals surface area contributed by atoms with Gasteiger partial charge in [0.05, 0.1) is 18.2 Å². The average Bonchev–Trinajstić information content (AvgIpc) is 3.75. The van der Waals surface area contributed by atoms with Crippen molar-refractivity contribution >= 4 is 44.8 Å². The second-order valence-electron chi connectivity index (χ2n) is 11.6. The third kappa shape index (κ3) is 6.69.